The van der Waals surface area contributed by atoms with Crippen LogP contribution in [0, 0.1) is 5.82 Å². The quantitative estimate of drug-likeness (QED) is 0.770. The van der Waals surface area contributed by atoms with Crippen molar-refractivity contribution < 1.29 is 9.18 Å². The summed E-state index contributed by atoms with van der Waals surface area (Å²) in [5.74, 6) is -0.284. The molecule has 6 nitrogen and oxygen atoms in total. The summed E-state index contributed by atoms with van der Waals surface area (Å²) in [6.45, 7) is 2.27. The number of aromatic nitrogens is 3. The number of fused-ring (bicyclic) bond motifs is 1. The molecule has 1 aliphatic rings. The fourth-order valence-electron chi connectivity index (χ4n) is 3.51. The molecule has 1 aromatic carbocycles. The van der Waals surface area contributed by atoms with Gasteiger partial charge in [0.1, 0.15) is 11.3 Å². The molecule has 0 atom stereocenters. The maximum Gasteiger partial charge on any atom is 0.253 e. The van der Waals surface area contributed by atoms with Crippen molar-refractivity contribution in [3.63, 3.8) is 0 Å². The summed E-state index contributed by atoms with van der Waals surface area (Å²) < 4.78 is 15.6. The molecular formula is C20H22FN5O. The first-order valence-electron chi connectivity index (χ1n) is 9.14. The van der Waals surface area contributed by atoms with Gasteiger partial charge in [-0.15, -0.1) is 0 Å². The summed E-state index contributed by atoms with van der Waals surface area (Å²) >= 11 is 0. The van der Waals surface area contributed by atoms with Gasteiger partial charge in [0.15, 0.2) is 5.65 Å². The van der Waals surface area contributed by atoms with Crippen molar-refractivity contribution in [2.75, 3.05) is 13.1 Å². The average molecular weight is 367 g/mol. The van der Waals surface area contributed by atoms with E-state index in [1.165, 1.54) is 6.07 Å². The predicted octanol–water partition coefficient (Wildman–Crippen LogP) is 2.50. The van der Waals surface area contributed by atoms with Crippen molar-refractivity contribution in [1.29, 1.82) is 0 Å². The second-order valence-electron chi connectivity index (χ2n) is 7.04. The third-order valence-corrected chi connectivity index (χ3v) is 5.09. The molecule has 4 rings (SSSR count). The number of carbonyl (C=O) groups excluding carboxylic acids is 1. The normalized spacial score (nSPS) is 15.9. The Morgan fingerprint density at radius 3 is 2.81 bits per heavy atom. The maximum absolute atomic E-state index is 13.8. The van der Waals surface area contributed by atoms with Crippen LogP contribution in [0.2, 0.25) is 0 Å². The van der Waals surface area contributed by atoms with Gasteiger partial charge in [0.2, 0.25) is 0 Å². The first-order chi connectivity index (χ1) is 13.1. The summed E-state index contributed by atoms with van der Waals surface area (Å²) in [6.07, 6.45) is 4.97. The Labute approximate surface area is 157 Å². The summed E-state index contributed by atoms with van der Waals surface area (Å²) in [7, 11) is 1.87. The van der Waals surface area contributed by atoms with Crippen molar-refractivity contribution in [3.05, 3.63) is 59.8 Å². The summed E-state index contributed by atoms with van der Waals surface area (Å²) in [5.41, 5.74) is 2.71. The van der Waals surface area contributed by atoms with E-state index in [9.17, 15) is 9.18 Å². The number of halogens is 1. The topological polar surface area (TPSA) is 63.1 Å². The highest BCUT2D eigenvalue weighted by atomic mass is 19.1. The van der Waals surface area contributed by atoms with E-state index in [4.69, 9.17) is 0 Å². The van der Waals surface area contributed by atoms with Crippen LogP contribution in [0.25, 0.3) is 11.2 Å². The fraction of sp³-hybridized carbons (Fsp3) is 0.350. The van der Waals surface area contributed by atoms with Crippen molar-refractivity contribution in [3.8, 4) is 0 Å². The minimum atomic E-state index is -0.162. The molecule has 1 N–H and O–H groups in total. The van der Waals surface area contributed by atoms with Gasteiger partial charge in [-0.2, -0.15) is 0 Å². The van der Waals surface area contributed by atoms with E-state index in [1.807, 2.05) is 23.7 Å². The lowest BCUT2D eigenvalue weighted by atomic mass is 10.0. The Kier molecular flexibility index (Phi) is 4.85. The molecule has 1 amide bonds. The van der Waals surface area contributed by atoms with Crippen LogP contribution in [-0.2, 0) is 13.6 Å². The van der Waals surface area contributed by atoms with Crippen molar-refractivity contribution in [2.45, 2.75) is 25.4 Å². The van der Waals surface area contributed by atoms with E-state index in [1.54, 1.807) is 24.7 Å². The smallest absolute Gasteiger partial charge is 0.253 e. The third-order valence-electron chi connectivity index (χ3n) is 5.09. The Morgan fingerprint density at radius 1 is 1.26 bits per heavy atom. The first kappa shape index (κ1) is 17.6. The lowest BCUT2D eigenvalue weighted by molar-refractivity contribution is 0.0908. The zero-order valence-electron chi connectivity index (χ0n) is 15.2. The summed E-state index contributed by atoms with van der Waals surface area (Å²) in [5, 5.41) is 3.09. The molecule has 3 heterocycles. The molecule has 1 aliphatic heterocycles. The maximum atomic E-state index is 13.8. The second kappa shape index (κ2) is 7.44. The van der Waals surface area contributed by atoms with Crippen LogP contribution in [0.15, 0.2) is 42.9 Å². The van der Waals surface area contributed by atoms with Crippen LogP contribution in [-0.4, -0.2) is 44.5 Å². The Morgan fingerprint density at radius 2 is 2.04 bits per heavy atom. The summed E-state index contributed by atoms with van der Waals surface area (Å²) in [6, 6.07) is 8.77. The Hall–Kier alpha value is -2.80. The van der Waals surface area contributed by atoms with Crippen molar-refractivity contribution in [1.82, 2.24) is 24.8 Å². The van der Waals surface area contributed by atoms with Gasteiger partial charge in [-0.25, -0.2) is 14.4 Å². The minimum Gasteiger partial charge on any atom is -0.349 e. The van der Waals surface area contributed by atoms with Crippen molar-refractivity contribution in [2.24, 2.45) is 7.05 Å². The van der Waals surface area contributed by atoms with Crippen LogP contribution in [0.4, 0.5) is 4.39 Å². The number of aryl methyl sites for hydroxylation is 1. The van der Waals surface area contributed by atoms with Gasteiger partial charge in [-0.1, -0.05) is 18.2 Å². The number of hydrogen-bond donors (Lipinski definition) is 1. The molecule has 0 spiro atoms. The highest BCUT2D eigenvalue weighted by Crippen LogP contribution is 2.17. The highest BCUT2D eigenvalue weighted by molar-refractivity contribution is 5.96. The number of rotatable bonds is 4. The molecule has 0 bridgehead atoms. The Balaban J connectivity index is 1.33. The molecule has 140 valence electrons. The molecule has 2 aromatic heterocycles. The molecule has 27 heavy (non-hydrogen) atoms. The van der Waals surface area contributed by atoms with E-state index in [0.717, 1.165) is 37.1 Å². The number of hydrogen-bond acceptors (Lipinski definition) is 4. The number of pyridine rings is 1. The third kappa shape index (κ3) is 3.83. The van der Waals surface area contributed by atoms with Gasteiger partial charge in [0, 0.05) is 44.5 Å². The molecule has 0 aliphatic carbocycles. The molecule has 0 unspecified atom stereocenters. The Bertz CT molecular complexity index is 962. The van der Waals surface area contributed by atoms with Gasteiger partial charge in [0.25, 0.3) is 5.91 Å². The number of piperidine rings is 1. The van der Waals surface area contributed by atoms with Gasteiger partial charge in [0.05, 0.1) is 11.9 Å². The number of nitrogens with zero attached hydrogens (tertiary/aromatic N) is 4. The minimum absolute atomic E-state index is 0.119. The number of benzene rings is 1. The zero-order valence-corrected chi connectivity index (χ0v) is 15.2. The molecule has 3 aromatic rings. The number of imidazole rings is 1. The first-order valence-corrected chi connectivity index (χ1v) is 9.14. The molecule has 1 fully saturated rings. The second-order valence-corrected chi connectivity index (χ2v) is 7.04. The number of likely N-dealkylation sites (tertiary alicyclic amines) is 1. The van der Waals surface area contributed by atoms with Crippen LogP contribution >= 0.6 is 0 Å². The molecule has 0 radical (unpaired) electrons. The van der Waals surface area contributed by atoms with Gasteiger partial charge >= 0.3 is 0 Å². The van der Waals surface area contributed by atoms with Crippen LogP contribution < -0.4 is 5.32 Å². The predicted molar refractivity (Wildman–Crippen MR) is 101 cm³/mol. The lowest BCUT2D eigenvalue weighted by Crippen LogP contribution is -2.44. The lowest BCUT2D eigenvalue weighted by Gasteiger charge is -2.32. The number of amides is 1. The van der Waals surface area contributed by atoms with Crippen LogP contribution in [0.5, 0.6) is 0 Å². The van der Waals surface area contributed by atoms with E-state index >= 15 is 0 Å². The van der Waals surface area contributed by atoms with E-state index in [0.29, 0.717) is 17.6 Å². The average Bonchev–Trinajstić information content (AvgIpc) is 3.05. The van der Waals surface area contributed by atoms with E-state index < -0.39 is 0 Å². The van der Waals surface area contributed by atoms with E-state index in [-0.39, 0.29) is 17.8 Å². The number of nitrogens with one attached hydrogen (secondary N) is 1. The summed E-state index contributed by atoms with van der Waals surface area (Å²) in [4.78, 5) is 23.3. The molecular weight excluding hydrogens is 345 g/mol. The molecule has 0 saturated carbocycles. The zero-order chi connectivity index (χ0) is 18.8. The van der Waals surface area contributed by atoms with E-state index in [2.05, 4.69) is 20.2 Å². The van der Waals surface area contributed by atoms with Gasteiger partial charge < -0.3 is 9.88 Å². The fourth-order valence-corrected chi connectivity index (χ4v) is 3.51. The molecule has 1 saturated heterocycles. The standard InChI is InChI=1S/C20H22FN5O/c1-25-13-23-18-10-15(11-22-19(18)25)20(27)24-16-6-8-26(9-7-16)12-14-4-2-3-5-17(14)21/h2-5,10-11,13,16H,6-9,12H2,1H3,(H,24,27). The van der Waals surface area contributed by atoms with Crippen LogP contribution in [0.1, 0.15) is 28.8 Å². The number of carbonyl (C=O) groups is 1. The van der Waals surface area contributed by atoms with Gasteiger partial charge in [-0.05, 0) is 25.0 Å². The monoisotopic (exact) mass is 367 g/mol. The van der Waals surface area contributed by atoms with Crippen LogP contribution in [0.3, 0.4) is 0 Å². The van der Waals surface area contributed by atoms with Gasteiger partial charge in [-0.3, -0.25) is 9.69 Å². The highest BCUT2D eigenvalue weighted by Gasteiger charge is 2.22. The largest absolute Gasteiger partial charge is 0.349 e. The van der Waals surface area contributed by atoms with Crippen molar-refractivity contribution >= 4 is 17.1 Å². The SMILES string of the molecule is Cn1cnc2cc(C(=O)NC3CCN(Cc4ccccc4F)CC3)cnc21. The molecule has 7 heteroatoms.